The Hall–Kier alpha value is -2.20. The van der Waals surface area contributed by atoms with Gasteiger partial charge in [0.15, 0.2) is 0 Å². The minimum absolute atomic E-state index is 0.00675. The fourth-order valence-corrected chi connectivity index (χ4v) is 2.80. The minimum atomic E-state index is -0.405. The van der Waals surface area contributed by atoms with Crippen molar-refractivity contribution in [1.29, 1.82) is 0 Å². The van der Waals surface area contributed by atoms with E-state index in [0.717, 1.165) is 11.1 Å². The molecule has 3 nitrogen and oxygen atoms in total. The summed E-state index contributed by atoms with van der Waals surface area (Å²) < 4.78 is 0. The van der Waals surface area contributed by atoms with Crippen LogP contribution in [0.1, 0.15) is 24.5 Å². The van der Waals surface area contributed by atoms with Crippen LogP contribution in [0.5, 0.6) is 0 Å². The van der Waals surface area contributed by atoms with Crippen molar-refractivity contribution in [1.82, 2.24) is 4.90 Å². The summed E-state index contributed by atoms with van der Waals surface area (Å²) in [5.41, 5.74) is 7.94. The number of amides is 1. The molecule has 2 rings (SSSR count). The van der Waals surface area contributed by atoms with Crippen LogP contribution >= 0.6 is 12.2 Å². The van der Waals surface area contributed by atoms with E-state index in [0.29, 0.717) is 19.5 Å². The molecule has 1 unspecified atom stereocenters. The molecule has 4 heteroatoms. The molecule has 0 heterocycles. The van der Waals surface area contributed by atoms with E-state index in [2.05, 4.69) is 0 Å². The van der Waals surface area contributed by atoms with Gasteiger partial charge in [-0.15, -0.1) is 0 Å². The topological polar surface area (TPSA) is 46.3 Å². The molecule has 2 aromatic rings. The van der Waals surface area contributed by atoms with E-state index in [1.54, 1.807) is 0 Å². The summed E-state index contributed by atoms with van der Waals surface area (Å²) in [6.45, 7) is 3.03. The maximum absolute atomic E-state index is 12.9. The predicted molar refractivity (Wildman–Crippen MR) is 97.7 cm³/mol. The Morgan fingerprint density at radius 3 is 1.78 bits per heavy atom. The zero-order valence-corrected chi connectivity index (χ0v) is 14.1. The fraction of sp³-hybridized carbons (Fsp3) is 0.263. The molecule has 2 N–H and O–H groups in total. The van der Waals surface area contributed by atoms with E-state index in [-0.39, 0.29) is 10.9 Å². The summed E-state index contributed by atoms with van der Waals surface area (Å²) in [4.78, 5) is 15.0. The van der Waals surface area contributed by atoms with Gasteiger partial charge in [-0.25, -0.2) is 0 Å². The molecule has 0 spiro atoms. The molecule has 0 aromatic heterocycles. The zero-order chi connectivity index (χ0) is 16.7. The molecule has 0 saturated heterocycles. The summed E-state index contributed by atoms with van der Waals surface area (Å²) in [5, 5.41) is 0. The number of rotatable bonds is 7. The lowest BCUT2D eigenvalue weighted by atomic mass is 10.0. The molecule has 0 saturated carbocycles. The van der Waals surface area contributed by atoms with E-state index in [1.165, 1.54) is 0 Å². The number of hydrogen-bond donors (Lipinski definition) is 1. The van der Waals surface area contributed by atoms with Crippen LogP contribution < -0.4 is 5.73 Å². The van der Waals surface area contributed by atoms with Crippen molar-refractivity contribution in [2.24, 2.45) is 11.7 Å². The molecule has 2 aromatic carbocycles. The first kappa shape index (κ1) is 17.2. The highest BCUT2D eigenvalue weighted by molar-refractivity contribution is 7.80. The molecule has 0 aliphatic heterocycles. The smallest absolute Gasteiger partial charge is 0.233 e. The maximum Gasteiger partial charge on any atom is 0.233 e. The highest BCUT2D eigenvalue weighted by Gasteiger charge is 2.25. The normalized spacial score (nSPS) is 11.7. The van der Waals surface area contributed by atoms with Crippen LogP contribution in [-0.2, 0) is 17.9 Å². The molecule has 0 aliphatic rings. The van der Waals surface area contributed by atoms with Crippen molar-refractivity contribution < 1.29 is 4.79 Å². The maximum atomic E-state index is 12.9. The molecule has 0 aliphatic carbocycles. The molecule has 0 bridgehead atoms. The highest BCUT2D eigenvalue weighted by Crippen LogP contribution is 2.16. The van der Waals surface area contributed by atoms with Gasteiger partial charge in [0.25, 0.3) is 0 Å². The van der Waals surface area contributed by atoms with Crippen molar-refractivity contribution >= 4 is 23.1 Å². The van der Waals surface area contributed by atoms with Crippen molar-refractivity contribution in [3.8, 4) is 0 Å². The Labute approximate surface area is 143 Å². The first-order chi connectivity index (χ1) is 11.1. The molecule has 23 heavy (non-hydrogen) atoms. The molecule has 120 valence electrons. The predicted octanol–water partition coefficient (Wildman–Crippen LogP) is 3.53. The van der Waals surface area contributed by atoms with Gasteiger partial charge >= 0.3 is 0 Å². The second kappa shape index (κ2) is 8.44. The Bertz CT molecular complexity index is 601. The zero-order valence-electron chi connectivity index (χ0n) is 13.3. The van der Waals surface area contributed by atoms with E-state index >= 15 is 0 Å². The Morgan fingerprint density at radius 2 is 1.43 bits per heavy atom. The lowest BCUT2D eigenvalue weighted by Crippen LogP contribution is -2.40. The van der Waals surface area contributed by atoms with Gasteiger partial charge in [-0.3, -0.25) is 4.79 Å². The summed E-state index contributed by atoms with van der Waals surface area (Å²) in [7, 11) is 0. The van der Waals surface area contributed by atoms with Crippen molar-refractivity contribution in [3.05, 3.63) is 71.8 Å². The number of benzene rings is 2. The third-order valence-electron chi connectivity index (χ3n) is 3.79. The summed E-state index contributed by atoms with van der Waals surface area (Å²) in [6.07, 6.45) is 0.619. The average Bonchev–Trinajstić information content (AvgIpc) is 2.56. The van der Waals surface area contributed by atoms with Gasteiger partial charge in [0.2, 0.25) is 5.91 Å². The van der Waals surface area contributed by atoms with Crippen LogP contribution in [-0.4, -0.2) is 15.8 Å². The summed E-state index contributed by atoms with van der Waals surface area (Å²) in [5.74, 6) is -0.412. The minimum Gasteiger partial charge on any atom is -0.393 e. The van der Waals surface area contributed by atoms with Gasteiger partial charge < -0.3 is 10.6 Å². The lowest BCUT2D eigenvalue weighted by Gasteiger charge is -2.27. The number of hydrogen-bond acceptors (Lipinski definition) is 2. The monoisotopic (exact) mass is 326 g/mol. The molecule has 0 radical (unpaired) electrons. The van der Waals surface area contributed by atoms with Crippen LogP contribution in [0.15, 0.2) is 60.7 Å². The first-order valence-electron chi connectivity index (χ1n) is 7.77. The SMILES string of the molecule is CCC(C(=O)N(Cc1ccccc1)Cc1ccccc1)C(N)=S. The fourth-order valence-electron chi connectivity index (χ4n) is 2.54. The van der Waals surface area contributed by atoms with Gasteiger partial charge in [-0.1, -0.05) is 79.8 Å². The lowest BCUT2D eigenvalue weighted by molar-refractivity contribution is -0.134. The molecule has 1 atom stereocenters. The third-order valence-corrected chi connectivity index (χ3v) is 4.08. The number of carbonyl (C=O) groups excluding carboxylic acids is 1. The number of thiocarbonyl (C=S) groups is 1. The number of nitrogens with zero attached hydrogens (tertiary/aromatic N) is 1. The van der Waals surface area contributed by atoms with E-state index in [9.17, 15) is 4.79 Å². The van der Waals surface area contributed by atoms with Gasteiger partial charge in [0.05, 0.1) is 10.9 Å². The second-order valence-corrected chi connectivity index (χ2v) is 6.00. The molecular formula is C19H22N2OS. The van der Waals surface area contributed by atoms with Crippen molar-refractivity contribution in [2.75, 3.05) is 0 Å². The van der Waals surface area contributed by atoms with Crippen LogP contribution in [0.2, 0.25) is 0 Å². The van der Waals surface area contributed by atoms with Gasteiger partial charge in [-0.05, 0) is 17.5 Å². The van der Waals surface area contributed by atoms with Gasteiger partial charge in [0.1, 0.15) is 0 Å². The van der Waals surface area contributed by atoms with Crippen LogP contribution in [0.4, 0.5) is 0 Å². The molecular weight excluding hydrogens is 304 g/mol. The van der Waals surface area contributed by atoms with E-state index in [4.69, 9.17) is 18.0 Å². The summed E-state index contributed by atoms with van der Waals surface area (Å²) in [6, 6.07) is 19.9. The highest BCUT2D eigenvalue weighted by atomic mass is 32.1. The van der Waals surface area contributed by atoms with Crippen molar-refractivity contribution in [3.63, 3.8) is 0 Å². The van der Waals surface area contributed by atoms with Crippen LogP contribution in [0.3, 0.4) is 0 Å². The molecule has 0 fully saturated rings. The Kier molecular flexibility index (Phi) is 6.29. The Morgan fingerprint density at radius 1 is 1.00 bits per heavy atom. The second-order valence-electron chi connectivity index (χ2n) is 5.53. The quantitative estimate of drug-likeness (QED) is 0.792. The van der Waals surface area contributed by atoms with Crippen LogP contribution in [0.25, 0.3) is 0 Å². The first-order valence-corrected chi connectivity index (χ1v) is 8.18. The number of nitrogens with two attached hydrogens (primary N) is 1. The van der Waals surface area contributed by atoms with E-state index in [1.807, 2.05) is 72.5 Å². The van der Waals surface area contributed by atoms with Crippen LogP contribution in [0, 0.1) is 5.92 Å². The Balaban J connectivity index is 2.23. The van der Waals surface area contributed by atoms with Gasteiger partial charge in [-0.2, -0.15) is 0 Å². The summed E-state index contributed by atoms with van der Waals surface area (Å²) >= 11 is 5.07. The number of carbonyl (C=O) groups is 1. The third kappa shape index (κ3) is 4.89. The van der Waals surface area contributed by atoms with Crippen molar-refractivity contribution in [2.45, 2.75) is 26.4 Å². The standard InChI is InChI=1S/C19H22N2OS/c1-2-17(18(20)23)19(22)21(13-15-9-5-3-6-10-15)14-16-11-7-4-8-12-16/h3-12,17H,2,13-14H2,1H3,(H2,20,23). The van der Waals surface area contributed by atoms with E-state index < -0.39 is 5.92 Å². The molecule has 1 amide bonds. The average molecular weight is 326 g/mol. The largest absolute Gasteiger partial charge is 0.393 e. The van der Waals surface area contributed by atoms with Gasteiger partial charge in [0, 0.05) is 13.1 Å².